The first-order valence-corrected chi connectivity index (χ1v) is 6.07. The summed E-state index contributed by atoms with van der Waals surface area (Å²) in [7, 11) is 0. The molecule has 1 fully saturated rings. The van der Waals surface area contributed by atoms with Crippen molar-refractivity contribution in [2.75, 3.05) is 0 Å². The van der Waals surface area contributed by atoms with E-state index in [2.05, 4.69) is 15.2 Å². The molecule has 6 nitrogen and oxygen atoms in total. The zero-order valence-electron chi connectivity index (χ0n) is 10.0. The van der Waals surface area contributed by atoms with Crippen LogP contribution in [0.3, 0.4) is 0 Å². The monoisotopic (exact) mass is 246 g/mol. The molecule has 0 bridgehead atoms. The number of amides is 2. The van der Waals surface area contributed by atoms with Gasteiger partial charge in [0.15, 0.2) is 0 Å². The van der Waals surface area contributed by atoms with Crippen molar-refractivity contribution >= 4 is 11.8 Å². The number of carbonyl (C=O) groups excluding carboxylic acids is 2. The van der Waals surface area contributed by atoms with Gasteiger partial charge in [0.25, 0.3) is 0 Å². The van der Waals surface area contributed by atoms with E-state index in [1.165, 1.54) is 11.2 Å². The van der Waals surface area contributed by atoms with E-state index in [4.69, 9.17) is 0 Å². The van der Waals surface area contributed by atoms with Gasteiger partial charge in [-0.05, 0) is 19.8 Å². The fourth-order valence-electron chi connectivity index (χ4n) is 2.75. The largest absolute Gasteiger partial charge is 0.274 e. The van der Waals surface area contributed by atoms with Crippen LogP contribution in [-0.2, 0) is 9.59 Å². The van der Waals surface area contributed by atoms with Crippen molar-refractivity contribution in [3.63, 3.8) is 0 Å². The van der Waals surface area contributed by atoms with Crippen molar-refractivity contribution in [2.45, 2.75) is 25.8 Å². The van der Waals surface area contributed by atoms with Crippen LogP contribution in [0.1, 0.15) is 31.6 Å². The van der Waals surface area contributed by atoms with Crippen molar-refractivity contribution < 1.29 is 9.59 Å². The minimum absolute atomic E-state index is 0.0850. The maximum atomic E-state index is 12.3. The predicted molar refractivity (Wildman–Crippen MR) is 62.0 cm³/mol. The molecule has 3 rings (SSSR count). The molecule has 2 amide bonds. The second-order valence-corrected chi connectivity index (χ2v) is 4.75. The van der Waals surface area contributed by atoms with Crippen LogP contribution in [0.2, 0.25) is 0 Å². The van der Waals surface area contributed by atoms with Crippen LogP contribution in [0, 0.1) is 11.8 Å². The van der Waals surface area contributed by atoms with Gasteiger partial charge in [-0.15, -0.1) is 0 Å². The SMILES string of the molecule is CC(c1ncn[nH]1)N1C(=O)C2CC=CCC2C1=O. The van der Waals surface area contributed by atoms with Crippen LogP contribution in [-0.4, -0.2) is 31.9 Å². The number of likely N-dealkylation sites (tertiary alicyclic amines) is 1. The highest BCUT2D eigenvalue weighted by atomic mass is 16.2. The summed E-state index contributed by atoms with van der Waals surface area (Å²) in [5, 5.41) is 6.47. The molecule has 3 atom stereocenters. The number of nitrogens with one attached hydrogen (secondary N) is 1. The molecular formula is C12H14N4O2. The average molecular weight is 246 g/mol. The smallest absolute Gasteiger partial charge is 0.234 e. The maximum Gasteiger partial charge on any atom is 0.234 e. The lowest BCUT2D eigenvalue weighted by molar-refractivity contribution is -0.142. The Morgan fingerprint density at radius 3 is 2.39 bits per heavy atom. The van der Waals surface area contributed by atoms with E-state index < -0.39 is 0 Å². The van der Waals surface area contributed by atoms with Crippen LogP contribution in [0.15, 0.2) is 18.5 Å². The molecule has 1 saturated heterocycles. The molecule has 1 aromatic rings. The zero-order chi connectivity index (χ0) is 12.7. The first-order valence-electron chi connectivity index (χ1n) is 6.07. The third kappa shape index (κ3) is 1.48. The lowest BCUT2D eigenvalue weighted by Crippen LogP contribution is -2.34. The Morgan fingerprint density at radius 1 is 1.28 bits per heavy atom. The van der Waals surface area contributed by atoms with Gasteiger partial charge in [-0.2, -0.15) is 5.10 Å². The summed E-state index contributed by atoms with van der Waals surface area (Å²) in [4.78, 5) is 29.9. The first kappa shape index (κ1) is 11.1. The van der Waals surface area contributed by atoms with Gasteiger partial charge >= 0.3 is 0 Å². The molecule has 1 N–H and O–H groups in total. The molecule has 2 heterocycles. The molecular weight excluding hydrogens is 232 g/mol. The average Bonchev–Trinajstić information content (AvgIpc) is 2.99. The summed E-state index contributed by atoms with van der Waals surface area (Å²) in [6.07, 6.45) is 6.67. The molecule has 2 aliphatic rings. The Bertz CT molecular complexity index is 482. The highest BCUT2D eigenvalue weighted by molar-refractivity contribution is 6.05. The molecule has 1 aliphatic carbocycles. The standard InChI is InChI=1S/C12H14N4O2/c1-7(10-13-6-14-15-10)16-11(17)8-4-2-3-5-9(8)12(16)18/h2-3,6-9H,4-5H2,1H3,(H,13,14,15). The summed E-state index contributed by atoms with van der Waals surface area (Å²) < 4.78 is 0. The van der Waals surface area contributed by atoms with E-state index >= 15 is 0 Å². The summed E-state index contributed by atoms with van der Waals surface area (Å²) in [5.41, 5.74) is 0. The molecule has 0 saturated carbocycles. The van der Waals surface area contributed by atoms with E-state index in [-0.39, 0.29) is 29.7 Å². The van der Waals surface area contributed by atoms with Crippen LogP contribution in [0.4, 0.5) is 0 Å². The number of H-pyrrole nitrogens is 1. The summed E-state index contributed by atoms with van der Waals surface area (Å²) in [5.74, 6) is 0.000508. The van der Waals surface area contributed by atoms with Crippen molar-refractivity contribution in [3.05, 3.63) is 24.3 Å². The Hall–Kier alpha value is -1.98. The number of imide groups is 1. The van der Waals surface area contributed by atoms with Gasteiger partial charge in [-0.3, -0.25) is 19.6 Å². The molecule has 6 heteroatoms. The molecule has 18 heavy (non-hydrogen) atoms. The van der Waals surface area contributed by atoms with Gasteiger partial charge in [0.2, 0.25) is 11.8 Å². The fraction of sp³-hybridized carbons (Fsp3) is 0.500. The molecule has 1 aliphatic heterocycles. The lowest BCUT2D eigenvalue weighted by atomic mass is 9.85. The second kappa shape index (κ2) is 4.04. The van der Waals surface area contributed by atoms with Crippen LogP contribution in [0.25, 0.3) is 0 Å². The fourth-order valence-corrected chi connectivity index (χ4v) is 2.75. The van der Waals surface area contributed by atoms with Crippen molar-refractivity contribution in [2.24, 2.45) is 11.8 Å². The summed E-state index contributed by atoms with van der Waals surface area (Å²) >= 11 is 0. The second-order valence-electron chi connectivity index (χ2n) is 4.75. The van der Waals surface area contributed by atoms with E-state index in [0.29, 0.717) is 18.7 Å². The molecule has 0 spiro atoms. The number of carbonyl (C=O) groups is 2. The number of nitrogens with zero attached hydrogens (tertiary/aromatic N) is 3. The van der Waals surface area contributed by atoms with Crippen molar-refractivity contribution in [1.29, 1.82) is 0 Å². The number of allylic oxidation sites excluding steroid dienone is 2. The predicted octanol–water partition coefficient (Wildman–Crippen LogP) is 0.817. The Morgan fingerprint density at radius 2 is 1.89 bits per heavy atom. The van der Waals surface area contributed by atoms with Crippen molar-refractivity contribution in [3.8, 4) is 0 Å². The number of hydrogen-bond acceptors (Lipinski definition) is 4. The molecule has 1 aromatic heterocycles. The van der Waals surface area contributed by atoms with E-state index in [1.807, 2.05) is 12.2 Å². The maximum absolute atomic E-state index is 12.3. The van der Waals surface area contributed by atoms with Crippen LogP contribution < -0.4 is 0 Å². The quantitative estimate of drug-likeness (QED) is 0.619. The molecule has 94 valence electrons. The highest BCUT2D eigenvalue weighted by Crippen LogP contribution is 2.38. The molecule has 3 unspecified atom stereocenters. The van der Waals surface area contributed by atoms with E-state index in [0.717, 1.165) is 0 Å². The number of aromatic amines is 1. The van der Waals surface area contributed by atoms with Gasteiger partial charge in [0.05, 0.1) is 17.9 Å². The minimum Gasteiger partial charge on any atom is -0.274 e. The van der Waals surface area contributed by atoms with E-state index in [1.54, 1.807) is 6.92 Å². The van der Waals surface area contributed by atoms with Gasteiger partial charge in [0.1, 0.15) is 12.2 Å². The minimum atomic E-state index is -0.377. The number of aromatic nitrogens is 3. The first-order chi connectivity index (χ1) is 8.70. The third-order valence-electron chi connectivity index (χ3n) is 3.76. The van der Waals surface area contributed by atoms with E-state index in [9.17, 15) is 9.59 Å². The normalized spacial score (nSPS) is 28.6. The molecule has 0 radical (unpaired) electrons. The topological polar surface area (TPSA) is 79.0 Å². The third-order valence-corrected chi connectivity index (χ3v) is 3.76. The van der Waals surface area contributed by atoms with Gasteiger partial charge in [-0.25, -0.2) is 4.98 Å². The highest BCUT2D eigenvalue weighted by Gasteiger charge is 2.49. The van der Waals surface area contributed by atoms with Gasteiger partial charge in [-0.1, -0.05) is 12.2 Å². The summed E-state index contributed by atoms with van der Waals surface area (Å²) in [6.45, 7) is 1.79. The number of rotatable bonds is 2. The number of hydrogen-bond donors (Lipinski definition) is 1. The lowest BCUT2D eigenvalue weighted by Gasteiger charge is -2.20. The zero-order valence-corrected chi connectivity index (χ0v) is 10.0. The number of fused-ring (bicyclic) bond motifs is 1. The Balaban J connectivity index is 1.90. The van der Waals surface area contributed by atoms with Crippen LogP contribution >= 0.6 is 0 Å². The Kier molecular flexibility index (Phi) is 2.50. The summed E-state index contributed by atoms with van der Waals surface area (Å²) in [6, 6.07) is -0.377. The Labute approximate surface area is 104 Å². The van der Waals surface area contributed by atoms with Gasteiger partial charge < -0.3 is 0 Å². The molecule has 0 aromatic carbocycles. The van der Waals surface area contributed by atoms with Gasteiger partial charge in [0, 0.05) is 0 Å². The van der Waals surface area contributed by atoms with Crippen molar-refractivity contribution in [1.82, 2.24) is 20.1 Å². The van der Waals surface area contributed by atoms with Crippen LogP contribution in [0.5, 0.6) is 0 Å².